The van der Waals surface area contributed by atoms with Crippen molar-refractivity contribution < 1.29 is 9.59 Å². The van der Waals surface area contributed by atoms with Crippen molar-refractivity contribution in [1.29, 1.82) is 0 Å². The van der Waals surface area contributed by atoms with E-state index in [1.807, 2.05) is 6.26 Å². The molecule has 3 amide bonds. The fourth-order valence-electron chi connectivity index (χ4n) is 0.826. The number of carbonyl (C=O) groups excluding carboxylic acids is 2. The van der Waals surface area contributed by atoms with E-state index in [9.17, 15) is 9.59 Å². The number of alkyl halides is 1. The molecule has 0 saturated carbocycles. The Balaban J connectivity index is 3.53. The maximum atomic E-state index is 11.1. The third-order valence-corrected chi connectivity index (χ3v) is 3.04. The number of hydrogen-bond acceptors (Lipinski definition) is 3. The van der Waals surface area contributed by atoms with Crippen molar-refractivity contribution in [3.63, 3.8) is 0 Å². The molecular weight excluding hydrogens is 236 g/mol. The van der Waals surface area contributed by atoms with Gasteiger partial charge in [-0.3, -0.25) is 10.1 Å². The summed E-state index contributed by atoms with van der Waals surface area (Å²) in [5.41, 5.74) is 0. The van der Waals surface area contributed by atoms with Gasteiger partial charge in [-0.05, 0) is 12.7 Å². The van der Waals surface area contributed by atoms with Gasteiger partial charge in [0.2, 0.25) is 5.91 Å². The molecule has 0 aromatic heterocycles. The van der Waals surface area contributed by atoms with Gasteiger partial charge in [0.25, 0.3) is 0 Å². The molecule has 0 aromatic rings. The van der Waals surface area contributed by atoms with Gasteiger partial charge in [0, 0.05) is 24.1 Å². The largest absolute Gasteiger partial charge is 0.338 e. The Morgan fingerprint density at radius 3 is 2.67 bits per heavy atom. The van der Waals surface area contributed by atoms with Crippen LogP contribution in [0.2, 0.25) is 0 Å². The molecule has 2 N–H and O–H groups in total. The number of urea groups is 1. The molecule has 1 unspecified atom stereocenters. The van der Waals surface area contributed by atoms with Crippen LogP contribution in [-0.2, 0) is 4.79 Å². The Hall–Kier alpha value is -0.420. The summed E-state index contributed by atoms with van der Waals surface area (Å²) >= 11 is 7.09. The van der Waals surface area contributed by atoms with Crippen molar-refractivity contribution in [2.45, 2.75) is 25.0 Å². The fourth-order valence-corrected chi connectivity index (χ4v) is 1.35. The first-order valence-corrected chi connectivity index (χ1v) is 6.58. The molecule has 0 aromatic carbocycles. The molecule has 4 nitrogen and oxygen atoms in total. The van der Waals surface area contributed by atoms with Gasteiger partial charge in [-0.2, -0.15) is 11.8 Å². The summed E-state index contributed by atoms with van der Waals surface area (Å²) in [6.07, 6.45) is 3.07. The molecule has 0 aliphatic carbocycles. The lowest BCUT2D eigenvalue weighted by molar-refractivity contribution is -0.119. The first-order chi connectivity index (χ1) is 7.10. The third kappa shape index (κ3) is 8.57. The van der Waals surface area contributed by atoms with Crippen LogP contribution in [0.1, 0.15) is 19.8 Å². The minimum absolute atomic E-state index is 0.163. The molecule has 0 spiro atoms. The summed E-state index contributed by atoms with van der Waals surface area (Å²) in [6, 6.07) is -0.446. The van der Waals surface area contributed by atoms with Crippen LogP contribution in [0.5, 0.6) is 0 Å². The number of rotatable bonds is 6. The molecular formula is C9H17ClN2O2S. The predicted molar refractivity (Wildman–Crippen MR) is 64.5 cm³/mol. The number of nitrogens with one attached hydrogen (secondary N) is 2. The van der Waals surface area contributed by atoms with E-state index in [1.165, 1.54) is 0 Å². The Bertz CT molecular complexity index is 214. The van der Waals surface area contributed by atoms with Crippen molar-refractivity contribution in [2.24, 2.45) is 0 Å². The van der Waals surface area contributed by atoms with Gasteiger partial charge in [-0.1, -0.05) is 6.92 Å². The Morgan fingerprint density at radius 1 is 1.47 bits per heavy atom. The van der Waals surface area contributed by atoms with Crippen molar-refractivity contribution >= 4 is 35.3 Å². The number of imide groups is 1. The molecule has 0 rings (SSSR count). The number of halogens is 1. The van der Waals surface area contributed by atoms with Gasteiger partial charge in [-0.25, -0.2) is 4.79 Å². The lowest BCUT2D eigenvalue weighted by Crippen LogP contribution is -2.40. The van der Waals surface area contributed by atoms with E-state index in [1.54, 1.807) is 11.8 Å². The zero-order chi connectivity index (χ0) is 11.7. The zero-order valence-corrected chi connectivity index (χ0v) is 10.6. The molecule has 0 fully saturated rings. The van der Waals surface area contributed by atoms with Crippen LogP contribution in [0.3, 0.4) is 0 Å². The second kappa shape index (κ2) is 8.85. The lowest BCUT2D eigenvalue weighted by atomic mass is 10.3. The van der Waals surface area contributed by atoms with E-state index < -0.39 is 6.03 Å². The average Bonchev–Trinajstić information content (AvgIpc) is 2.17. The molecule has 0 radical (unpaired) electrons. The van der Waals surface area contributed by atoms with Crippen molar-refractivity contribution in [3.8, 4) is 0 Å². The van der Waals surface area contributed by atoms with Gasteiger partial charge in [0.1, 0.15) is 0 Å². The van der Waals surface area contributed by atoms with Crippen LogP contribution >= 0.6 is 23.4 Å². The van der Waals surface area contributed by atoms with E-state index in [-0.39, 0.29) is 18.2 Å². The molecule has 0 heterocycles. The SMILES string of the molecule is CSC(C)CCNC(=O)NC(=O)CCCl. The topological polar surface area (TPSA) is 58.2 Å². The van der Waals surface area contributed by atoms with Gasteiger partial charge in [-0.15, -0.1) is 11.6 Å². The highest BCUT2D eigenvalue weighted by molar-refractivity contribution is 7.99. The molecule has 0 aliphatic rings. The highest BCUT2D eigenvalue weighted by Crippen LogP contribution is 2.07. The molecule has 0 aliphatic heterocycles. The summed E-state index contributed by atoms with van der Waals surface area (Å²) in [5.74, 6) is -0.122. The van der Waals surface area contributed by atoms with Gasteiger partial charge < -0.3 is 5.32 Å². The summed E-state index contributed by atoms with van der Waals surface area (Å²) in [6.45, 7) is 2.66. The minimum atomic E-state index is -0.446. The van der Waals surface area contributed by atoms with Crippen LogP contribution in [0.4, 0.5) is 4.79 Å². The minimum Gasteiger partial charge on any atom is -0.338 e. The van der Waals surface area contributed by atoms with Gasteiger partial charge in [0.05, 0.1) is 0 Å². The van der Waals surface area contributed by atoms with Crippen LogP contribution in [0.15, 0.2) is 0 Å². The molecule has 0 bridgehead atoms. The Labute approximate surface area is 99.5 Å². The highest BCUT2D eigenvalue weighted by atomic mass is 35.5. The highest BCUT2D eigenvalue weighted by Gasteiger charge is 2.06. The van der Waals surface area contributed by atoms with Crippen molar-refractivity contribution in [3.05, 3.63) is 0 Å². The maximum Gasteiger partial charge on any atom is 0.321 e. The Kier molecular flexibility index (Phi) is 8.61. The zero-order valence-electron chi connectivity index (χ0n) is 9.01. The molecule has 0 saturated heterocycles. The normalized spacial score (nSPS) is 11.9. The van der Waals surface area contributed by atoms with Crippen LogP contribution in [0.25, 0.3) is 0 Å². The van der Waals surface area contributed by atoms with E-state index in [4.69, 9.17) is 11.6 Å². The number of carbonyl (C=O) groups is 2. The summed E-state index contributed by atoms with van der Waals surface area (Å²) < 4.78 is 0. The van der Waals surface area contributed by atoms with Crippen LogP contribution in [0, 0.1) is 0 Å². The number of hydrogen-bond donors (Lipinski definition) is 2. The van der Waals surface area contributed by atoms with Gasteiger partial charge in [0.15, 0.2) is 0 Å². The summed E-state index contributed by atoms with van der Waals surface area (Å²) in [5, 5.41) is 5.31. The second-order valence-corrected chi connectivity index (χ2v) is 4.73. The first-order valence-electron chi connectivity index (χ1n) is 4.76. The summed E-state index contributed by atoms with van der Waals surface area (Å²) in [4.78, 5) is 22.1. The smallest absolute Gasteiger partial charge is 0.321 e. The van der Waals surface area contributed by atoms with Crippen LogP contribution < -0.4 is 10.6 Å². The van der Waals surface area contributed by atoms with E-state index >= 15 is 0 Å². The van der Waals surface area contributed by atoms with E-state index in [0.29, 0.717) is 11.8 Å². The monoisotopic (exact) mass is 252 g/mol. The van der Waals surface area contributed by atoms with Gasteiger partial charge >= 0.3 is 6.03 Å². The van der Waals surface area contributed by atoms with Crippen molar-refractivity contribution in [1.82, 2.24) is 10.6 Å². The number of amides is 3. The first kappa shape index (κ1) is 14.6. The van der Waals surface area contributed by atoms with E-state index in [0.717, 1.165) is 6.42 Å². The second-order valence-electron chi connectivity index (χ2n) is 3.08. The lowest BCUT2D eigenvalue weighted by Gasteiger charge is -2.09. The quantitative estimate of drug-likeness (QED) is 0.706. The standard InChI is InChI=1S/C9H17ClN2O2S/c1-7(15-2)4-6-11-9(14)12-8(13)3-5-10/h7H,3-6H2,1-2H3,(H2,11,12,13,14). The maximum absolute atomic E-state index is 11.1. The predicted octanol–water partition coefficient (Wildman–Crippen LogP) is 1.58. The summed E-state index contributed by atoms with van der Waals surface area (Å²) in [7, 11) is 0. The van der Waals surface area contributed by atoms with E-state index in [2.05, 4.69) is 17.6 Å². The number of thioether (sulfide) groups is 1. The average molecular weight is 253 g/mol. The molecule has 6 heteroatoms. The Morgan fingerprint density at radius 2 is 2.13 bits per heavy atom. The molecule has 88 valence electrons. The fraction of sp³-hybridized carbons (Fsp3) is 0.778. The molecule has 15 heavy (non-hydrogen) atoms. The van der Waals surface area contributed by atoms with Crippen molar-refractivity contribution in [2.75, 3.05) is 18.7 Å². The molecule has 1 atom stereocenters. The third-order valence-electron chi connectivity index (χ3n) is 1.81. The van der Waals surface area contributed by atoms with Crippen LogP contribution in [-0.4, -0.2) is 35.9 Å².